The molecule has 0 N–H and O–H groups in total. The molecule has 2 rings (SSSR count). The van der Waals surface area contributed by atoms with Crippen LogP contribution in [0.25, 0.3) is 0 Å². The van der Waals surface area contributed by atoms with E-state index in [9.17, 15) is 4.39 Å². The van der Waals surface area contributed by atoms with E-state index in [1.807, 2.05) is 7.05 Å². The first-order valence-corrected chi connectivity index (χ1v) is 4.81. The van der Waals surface area contributed by atoms with Gasteiger partial charge in [0.05, 0.1) is 0 Å². The van der Waals surface area contributed by atoms with Crippen molar-refractivity contribution in [3.63, 3.8) is 0 Å². The van der Waals surface area contributed by atoms with Crippen LogP contribution in [0.2, 0.25) is 0 Å². The molecule has 1 saturated carbocycles. The molecule has 0 aromatic carbocycles. The highest BCUT2D eigenvalue weighted by Gasteiger charge is 2.52. The first-order chi connectivity index (χ1) is 5.04. The molecule has 0 radical (unpaired) electrons. The number of halogens is 1. The molecule has 1 spiro atoms. The van der Waals surface area contributed by atoms with E-state index in [1.165, 1.54) is 19.3 Å². The Morgan fingerprint density at radius 1 is 1.45 bits per heavy atom. The fourth-order valence-electron chi connectivity index (χ4n) is 2.44. The summed E-state index contributed by atoms with van der Waals surface area (Å²) in [5.41, 5.74) is 0.247. The van der Waals surface area contributed by atoms with Crippen molar-refractivity contribution in [1.29, 1.82) is 0 Å². The SMILES string of the molecule is CN1CC(F)(P)CC12CCC2. The summed E-state index contributed by atoms with van der Waals surface area (Å²) in [6.45, 7) is 0.595. The molecule has 1 heterocycles. The standard InChI is InChI=1S/C8H15FNP/c1-10-6-8(9,11)5-7(10)3-2-4-7/h2-6,11H2,1H3. The Morgan fingerprint density at radius 3 is 2.27 bits per heavy atom. The largest absolute Gasteiger partial charge is 0.297 e. The molecule has 1 aliphatic carbocycles. The fourth-order valence-corrected chi connectivity index (χ4v) is 3.10. The highest BCUT2D eigenvalue weighted by molar-refractivity contribution is 7.18. The molecule has 0 aromatic heterocycles. The van der Waals surface area contributed by atoms with Crippen molar-refractivity contribution in [1.82, 2.24) is 4.90 Å². The molecule has 2 fully saturated rings. The number of hydrogen-bond donors (Lipinski definition) is 0. The molecule has 0 amide bonds. The maximum atomic E-state index is 13.5. The second kappa shape index (κ2) is 2.17. The third-order valence-corrected chi connectivity index (χ3v) is 3.60. The molecule has 2 unspecified atom stereocenters. The van der Waals surface area contributed by atoms with Crippen LogP contribution >= 0.6 is 9.24 Å². The van der Waals surface area contributed by atoms with Gasteiger partial charge in [-0.05, 0) is 26.3 Å². The topological polar surface area (TPSA) is 3.24 Å². The van der Waals surface area contributed by atoms with Crippen molar-refractivity contribution < 1.29 is 4.39 Å². The minimum Gasteiger partial charge on any atom is -0.297 e. The van der Waals surface area contributed by atoms with Crippen molar-refractivity contribution in [3.05, 3.63) is 0 Å². The molecule has 2 aliphatic rings. The molecule has 3 heteroatoms. The lowest BCUT2D eigenvalue weighted by atomic mass is 9.75. The van der Waals surface area contributed by atoms with E-state index in [0.29, 0.717) is 6.54 Å². The van der Waals surface area contributed by atoms with Crippen LogP contribution in [0, 0.1) is 0 Å². The van der Waals surface area contributed by atoms with E-state index >= 15 is 0 Å². The van der Waals surface area contributed by atoms with Gasteiger partial charge in [0.15, 0.2) is 0 Å². The van der Waals surface area contributed by atoms with Crippen molar-refractivity contribution in [3.8, 4) is 0 Å². The third-order valence-electron chi connectivity index (χ3n) is 3.22. The molecule has 1 aliphatic heterocycles. The number of nitrogens with zero attached hydrogens (tertiary/aromatic N) is 1. The van der Waals surface area contributed by atoms with E-state index in [2.05, 4.69) is 14.1 Å². The van der Waals surface area contributed by atoms with Crippen LogP contribution in [0.15, 0.2) is 0 Å². The minimum absolute atomic E-state index is 0.247. The highest BCUT2D eigenvalue weighted by Crippen LogP contribution is 2.51. The van der Waals surface area contributed by atoms with Gasteiger partial charge in [-0.25, -0.2) is 4.39 Å². The first-order valence-electron chi connectivity index (χ1n) is 4.23. The summed E-state index contributed by atoms with van der Waals surface area (Å²) >= 11 is 0. The summed E-state index contributed by atoms with van der Waals surface area (Å²) in [4.78, 5) is 2.20. The number of alkyl halides is 1. The maximum Gasteiger partial charge on any atom is 0.138 e. The summed E-state index contributed by atoms with van der Waals surface area (Å²) in [5, 5.41) is -1.00. The molecule has 1 nitrogen and oxygen atoms in total. The van der Waals surface area contributed by atoms with Crippen molar-refractivity contribution in [2.24, 2.45) is 0 Å². The zero-order chi connectivity index (χ0) is 8.11. The fraction of sp³-hybridized carbons (Fsp3) is 1.00. The van der Waals surface area contributed by atoms with Crippen LogP contribution in [0.3, 0.4) is 0 Å². The highest BCUT2D eigenvalue weighted by atomic mass is 31.0. The summed E-state index contributed by atoms with van der Waals surface area (Å²) < 4.78 is 13.5. The van der Waals surface area contributed by atoms with Crippen molar-refractivity contribution >= 4 is 9.24 Å². The van der Waals surface area contributed by atoms with Crippen LogP contribution in [-0.2, 0) is 0 Å². The van der Waals surface area contributed by atoms with Gasteiger partial charge >= 0.3 is 0 Å². The summed E-state index contributed by atoms with van der Waals surface area (Å²) in [7, 11) is 4.40. The van der Waals surface area contributed by atoms with E-state index < -0.39 is 5.41 Å². The van der Waals surface area contributed by atoms with E-state index in [-0.39, 0.29) is 5.54 Å². The second-order valence-corrected chi connectivity index (χ2v) is 5.18. The van der Waals surface area contributed by atoms with Gasteiger partial charge in [0, 0.05) is 18.5 Å². The van der Waals surface area contributed by atoms with Crippen molar-refractivity contribution in [2.75, 3.05) is 13.6 Å². The molecular formula is C8H15FNP. The van der Waals surface area contributed by atoms with Crippen LogP contribution in [0.4, 0.5) is 4.39 Å². The Kier molecular flexibility index (Phi) is 1.57. The zero-order valence-corrected chi connectivity index (χ0v) is 8.09. The van der Waals surface area contributed by atoms with Crippen LogP contribution in [0.1, 0.15) is 25.7 Å². The van der Waals surface area contributed by atoms with Gasteiger partial charge in [0.25, 0.3) is 0 Å². The normalized spacial score (nSPS) is 42.8. The molecule has 11 heavy (non-hydrogen) atoms. The molecule has 0 aromatic rings. The van der Waals surface area contributed by atoms with E-state index in [4.69, 9.17) is 0 Å². The quantitative estimate of drug-likeness (QED) is 0.507. The van der Waals surface area contributed by atoms with Gasteiger partial charge in [-0.3, -0.25) is 4.90 Å². The Morgan fingerprint density at radius 2 is 2.09 bits per heavy atom. The number of rotatable bonds is 0. The van der Waals surface area contributed by atoms with E-state index in [0.717, 1.165) is 6.42 Å². The Balaban J connectivity index is 2.14. The Hall–Kier alpha value is 0.320. The van der Waals surface area contributed by atoms with Gasteiger partial charge in [-0.2, -0.15) is 0 Å². The zero-order valence-electron chi connectivity index (χ0n) is 6.94. The number of likely N-dealkylation sites (tertiary alicyclic amines) is 1. The third kappa shape index (κ3) is 1.11. The minimum atomic E-state index is -1.00. The maximum absolute atomic E-state index is 13.5. The van der Waals surface area contributed by atoms with Gasteiger partial charge in [0.1, 0.15) is 5.41 Å². The molecule has 0 bridgehead atoms. The average molecular weight is 175 g/mol. The van der Waals surface area contributed by atoms with Crippen LogP contribution in [-0.4, -0.2) is 29.4 Å². The predicted octanol–water partition coefficient (Wildman–Crippen LogP) is 1.79. The molecule has 2 atom stereocenters. The Bertz CT molecular complexity index is 177. The predicted molar refractivity (Wildman–Crippen MR) is 47.4 cm³/mol. The lowest BCUT2D eigenvalue weighted by Gasteiger charge is -2.43. The monoisotopic (exact) mass is 175 g/mol. The first kappa shape index (κ1) is 7.94. The molecule has 64 valence electrons. The summed E-state index contributed by atoms with van der Waals surface area (Å²) in [6.07, 6.45) is 4.40. The number of hydrogen-bond acceptors (Lipinski definition) is 1. The molecular weight excluding hydrogens is 160 g/mol. The summed E-state index contributed by atoms with van der Waals surface area (Å²) in [6, 6.07) is 0. The smallest absolute Gasteiger partial charge is 0.138 e. The Labute approximate surface area is 69.5 Å². The van der Waals surface area contributed by atoms with E-state index in [1.54, 1.807) is 0 Å². The lowest BCUT2D eigenvalue weighted by molar-refractivity contribution is 0.0797. The average Bonchev–Trinajstić information content (AvgIpc) is 1.99. The molecule has 1 saturated heterocycles. The van der Waals surface area contributed by atoms with Gasteiger partial charge in [-0.1, -0.05) is 9.24 Å². The van der Waals surface area contributed by atoms with Gasteiger partial charge in [-0.15, -0.1) is 0 Å². The second-order valence-electron chi connectivity index (χ2n) is 4.15. The van der Waals surface area contributed by atoms with Crippen LogP contribution in [0.5, 0.6) is 0 Å². The van der Waals surface area contributed by atoms with Gasteiger partial charge in [0.2, 0.25) is 0 Å². The van der Waals surface area contributed by atoms with Crippen LogP contribution < -0.4 is 0 Å². The van der Waals surface area contributed by atoms with Gasteiger partial charge < -0.3 is 0 Å². The summed E-state index contributed by atoms with van der Waals surface area (Å²) in [5.74, 6) is 0. The lowest BCUT2D eigenvalue weighted by Crippen LogP contribution is -2.46. The van der Waals surface area contributed by atoms with Crippen molar-refractivity contribution in [2.45, 2.75) is 36.6 Å².